The lowest BCUT2D eigenvalue weighted by atomic mass is 10.1. The van der Waals surface area contributed by atoms with Crippen molar-refractivity contribution >= 4 is 27.5 Å². The van der Waals surface area contributed by atoms with Gasteiger partial charge in [-0.25, -0.2) is 8.42 Å². The minimum absolute atomic E-state index is 0.0643. The highest BCUT2D eigenvalue weighted by Gasteiger charge is 2.26. The van der Waals surface area contributed by atoms with E-state index in [1.54, 1.807) is 33.0 Å². The average Bonchev–Trinajstić information content (AvgIpc) is 2.85. The molecule has 10 nitrogen and oxygen atoms in total. The lowest BCUT2D eigenvalue weighted by molar-refractivity contribution is -0.145. The Morgan fingerprint density at radius 1 is 1.00 bits per heavy atom. The number of hydrogen-bond acceptors (Lipinski definition) is 7. The summed E-state index contributed by atoms with van der Waals surface area (Å²) in [4.78, 5) is 28.6. The smallest absolute Gasteiger partial charge is 0.311 e. The molecule has 0 fully saturated rings. The molecule has 0 heterocycles. The molecular weight excluding hydrogens is 506 g/mol. The fourth-order valence-corrected chi connectivity index (χ4v) is 5.58. The van der Waals surface area contributed by atoms with Crippen LogP contribution in [-0.2, 0) is 26.2 Å². The average molecular weight is 546 g/mol. The summed E-state index contributed by atoms with van der Waals surface area (Å²) in [7, 11) is 3.16. The van der Waals surface area contributed by atoms with Crippen LogP contribution in [0.3, 0.4) is 0 Å². The molecule has 0 saturated carbocycles. The second kappa shape index (κ2) is 13.8. The molecule has 2 aromatic carbocycles. The van der Waals surface area contributed by atoms with Crippen LogP contribution in [0.4, 0.5) is 5.69 Å². The molecule has 2 aromatic rings. The van der Waals surface area contributed by atoms with Gasteiger partial charge in [0, 0.05) is 45.1 Å². The van der Waals surface area contributed by atoms with Gasteiger partial charge in [-0.15, -0.1) is 0 Å². The van der Waals surface area contributed by atoms with E-state index in [0.29, 0.717) is 16.9 Å². The molecule has 0 aliphatic carbocycles. The first-order chi connectivity index (χ1) is 17.9. The summed E-state index contributed by atoms with van der Waals surface area (Å²) < 4.78 is 32.8. The maximum Gasteiger partial charge on any atom is 0.311 e. The van der Waals surface area contributed by atoms with Gasteiger partial charge >= 0.3 is 11.8 Å². The van der Waals surface area contributed by atoms with Crippen LogP contribution < -0.4 is 15.4 Å². The predicted molar refractivity (Wildman–Crippen MR) is 150 cm³/mol. The number of ether oxygens (including phenoxy) is 1. The Bertz CT molecular complexity index is 1210. The predicted octanol–water partition coefficient (Wildman–Crippen LogP) is 2.19. The SMILES string of the molecule is C=CN(CCNC(=O)C(=O)N(C)Cc1ccc(NCCN(C)C)cc1)S(=O)(=O)c1c(C)cc(OC)cc1C. The number of likely N-dealkylation sites (N-methyl/N-ethyl adjacent to an activating group) is 2. The molecule has 2 rings (SSSR count). The van der Waals surface area contributed by atoms with Crippen LogP contribution >= 0.6 is 0 Å². The van der Waals surface area contributed by atoms with E-state index in [4.69, 9.17) is 4.74 Å². The summed E-state index contributed by atoms with van der Waals surface area (Å²) in [6.45, 7) is 8.82. The Labute approximate surface area is 226 Å². The van der Waals surface area contributed by atoms with E-state index in [1.165, 1.54) is 18.2 Å². The van der Waals surface area contributed by atoms with E-state index in [9.17, 15) is 18.0 Å². The van der Waals surface area contributed by atoms with E-state index in [2.05, 4.69) is 22.1 Å². The first kappa shape index (κ1) is 30.7. The summed E-state index contributed by atoms with van der Waals surface area (Å²) in [5, 5.41) is 5.83. The van der Waals surface area contributed by atoms with Gasteiger partial charge in [0.05, 0.1) is 18.6 Å². The van der Waals surface area contributed by atoms with Crippen LogP contribution in [0.15, 0.2) is 54.1 Å². The number of anilines is 1. The van der Waals surface area contributed by atoms with Crippen molar-refractivity contribution < 1.29 is 22.7 Å². The lowest BCUT2D eigenvalue weighted by Gasteiger charge is -2.23. The first-order valence-corrected chi connectivity index (χ1v) is 13.6. The van der Waals surface area contributed by atoms with Gasteiger partial charge in [-0.3, -0.25) is 13.9 Å². The third kappa shape index (κ3) is 8.22. The van der Waals surface area contributed by atoms with Gasteiger partial charge in [0.2, 0.25) is 0 Å². The maximum absolute atomic E-state index is 13.3. The first-order valence-electron chi connectivity index (χ1n) is 12.2. The fraction of sp³-hybridized carbons (Fsp3) is 0.407. The highest BCUT2D eigenvalue weighted by atomic mass is 32.2. The Balaban J connectivity index is 1.92. The van der Waals surface area contributed by atoms with Crippen LogP contribution in [0.2, 0.25) is 0 Å². The Kier molecular flexibility index (Phi) is 11.2. The molecular formula is C27H39N5O5S. The van der Waals surface area contributed by atoms with Crippen molar-refractivity contribution in [2.75, 3.05) is 59.7 Å². The topological polar surface area (TPSA) is 111 Å². The number of carbonyl (C=O) groups is 2. The maximum atomic E-state index is 13.3. The van der Waals surface area contributed by atoms with Crippen LogP contribution in [0.5, 0.6) is 5.75 Å². The number of rotatable bonds is 13. The van der Waals surface area contributed by atoms with Gasteiger partial charge < -0.3 is 25.2 Å². The monoisotopic (exact) mass is 545 g/mol. The Morgan fingerprint density at radius 2 is 1.61 bits per heavy atom. The largest absolute Gasteiger partial charge is 0.497 e. The van der Waals surface area contributed by atoms with E-state index < -0.39 is 21.8 Å². The number of benzene rings is 2. The van der Waals surface area contributed by atoms with Gasteiger partial charge in [0.15, 0.2) is 0 Å². The summed E-state index contributed by atoms with van der Waals surface area (Å²) in [6.07, 6.45) is 1.19. The molecule has 0 aliphatic rings. The van der Waals surface area contributed by atoms with E-state index in [0.717, 1.165) is 28.6 Å². The van der Waals surface area contributed by atoms with Crippen LogP contribution in [-0.4, -0.2) is 88.8 Å². The Morgan fingerprint density at radius 3 is 2.13 bits per heavy atom. The zero-order valence-corrected chi connectivity index (χ0v) is 23.9. The molecule has 0 spiro atoms. The molecule has 0 atom stereocenters. The number of sulfonamides is 1. The molecule has 0 aliphatic heterocycles. The van der Waals surface area contributed by atoms with Crippen molar-refractivity contribution in [3.63, 3.8) is 0 Å². The van der Waals surface area contributed by atoms with Crippen molar-refractivity contribution in [3.05, 3.63) is 65.9 Å². The highest BCUT2D eigenvalue weighted by Crippen LogP contribution is 2.28. The van der Waals surface area contributed by atoms with E-state index in [1.807, 2.05) is 38.4 Å². The second-order valence-corrected chi connectivity index (χ2v) is 11.1. The zero-order chi connectivity index (χ0) is 28.5. The van der Waals surface area contributed by atoms with Crippen molar-refractivity contribution in [1.82, 2.24) is 19.4 Å². The van der Waals surface area contributed by atoms with Crippen molar-refractivity contribution in [3.8, 4) is 5.75 Å². The molecule has 0 bridgehead atoms. The summed E-state index contributed by atoms with van der Waals surface area (Å²) in [5.41, 5.74) is 2.92. The van der Waals surface area contributed by atoms with Gasteiger partial charge in [-0.05, 0) is 68.9 Å². The molecule has 0 saturated heterocycles. The third-order valence-electron chi connectivity index (χ3n) is 5.86. The van der Waals surface area contributed by atoms with Crippen LogP contribution in [0, 0.1) is 13.8 Å². The molecule has 2 amide bonds. The molecule has 208 valence electrons. The minimum Gasteiger partial charge on any atom is -0.497 e. The molecule has 0 aromatic heterocycles. The number of aryl methyl sites for hydroxylation is 2. The second-order valence-electron chi connectivity index (χ2n) is 9.23. The lowest BCUT2D eigenvalue weighted by Crippen LogP contribution is -2.43. The summed E-state index contributed by atoms with van der Waals surface area (Å²) in [6, 6.07) is 10.9. The van der Waals surface area contributed by atoms with Gasteiger partial charge in [-0.1, -0.05) is 18.7 Å². The molecule has 38 heavy (non-hydrogen) atoms. The number of carbonyl (C=O) groups excluding carboxylic acids is 2. The fourth-order valence-electron chi connectivity index (χ4n) is 3.89. The van der Waals surface area contributed by atoms with Crippen molar-refractivity contribution in [2.24, 2.45) is 0 Å². The van der Waals surface area contributed by atoms with Gasteiger partial charge in [0.25, 0.3) is 10.0 Å². The van der Waals surface area contributed by atoms with E-state index >= 15 is 0 Å². The molecule has 0 unspecified atom stereocenters. The quantitative estimate of drug-likeness (QED) is 0.371. The Hall–Kier alpha value is -3.57. The number of nitrogens with zero attached hydrogens (tertiary/aromatic N) is 3. The highest BCUT2D eigenvalue weighted by molar-refractivity contribution is 7.89. The van der Waals surface area contributed by atoms with Crippen molar-refractivity contribution in [1.29, 1.82) is 0 Å². The standard InChI is InChI=1S/C27H39N5O5S/c1-8-32(38(35,36)25-20(2)17-24(37-7)18-21(25)3)16-14-29-26(33)27(34)31(6)19-22-9-11-23(12-10-22)28-13-15-30(4)5/h8-12,17-18,28H,1,13-16,19H2,2-7H3,(H,29,33). The number of nitrogens with one attached hydrogen (secondary N) is 2. The number of hydrogen-bond donors (Lipinski definition) is 2. The summed E-state index contributed by atoms with van der Waals surface area (Å²) >= 11 is 0. The molecule has 2 N–H and O–H groups in total. The van der Waals surface area contributed by atoms with Crippen molar-refractivity contribution in [2.45, 2.75) is 25.3 Å². The van der Waals surface area contributed by atoms with Crippen LogP contribution in [0.25, 0.3) is 0 Å². The van der Waals surface area contributed by atoms with Crippen LogP contribution in [0.1, 0.15) is 16.7 Å². The van der Waals surface area contributed by atoms with Gasteiger partial charge in [-0.2, -0.15) is 0 Å². The molecule has 11 heteroatoms. The number of amides is 2. The normalized spacial score (nSPS) is 11.1. The summed E-state index contributed by atoms with van der Waals surface area (Å²) in [5.74, 6) is -0.965. The zero-order valence-electron chi connectivity index (χ0n) is 23.1. The third-order valence-corrected chi connectivity index (χ3v) is 7.97. The van der Waals surface area contributed by atoms with Gasteiger partial charge in [0.1, 0.15) is 5.75 Å². The molecule has 0 radical (unpaired) electrons. The number of methoxy groups -OCH3 is 1. The van der Waals surface area contributed by atoms with E-state index in [-0.39, 0.29) is 24.5 Å². The minimum atomic E-state index is -3.92.